The molecule has 1 rings (SSSR count). The van der Waals surface area contributed by atoms with Crippen LogP contribution in [0.3, 0.4) is 0 Å². The van der Waals surface area contributed by atoms with Crippen molar-refractivity contribution in [3.8, 4) is 0 Å². The van der Waals surface area contributed by atoms with Crippen LogP contribution in [0.25, 0.3) is 0 Å². The topological polar surface area (TPSA) is 41.3 Å². The fourth-order valence-corrected chi connectivity index (χ4v) is 2.27. The van der Waals surface area contributed by atoms with Gasteiger partial charge >= 0.3 is 0 Å². The summed E-state index contributed by atoms with van der Waals surface area (Å²) in [5.74, 6) is 0. The monoisotopic (exact) mass is 259 g/mol. The lowest BCUT2D eigenvalue weighted by Gasteiger charge is -2.18. The van der Waals surface area contributed by atoms with E-state index >= 15 is 0 Å². The molecule has 5 heteroatoms. The zero-order valence-corrected chi connectivity index (χ0v) is 11.8. The molecule has 1 unspecified atom stereocenters. The van der Waals surface area contributed by atoms with Crippen LogP contribution < -0.4 is 0 Å². The molecule has 1 atom stereocenters. The molecule has 0 saturated heterocycles. The maximum absolute atomic E-state index is 9.35. The van der Waals surface area contributed by atoms with E-state index in [0.717, 1.165) is 29.4 Å². The van der Waals surface area contributed by atoms with Crippen LogP contribution in [0.5, 0.6) is 0 Å². The van der Waals surface area contributed by atoms with Crippen LogP contribution in [-0.2, 0) is 19.5 Å². The van der Waals surface area contributed by atoms with Gasteiger partial charge in [0.1, 0.15) is 0 Å². The summed E-state index contributed by atoms with van der Waals surface area (Å²) in [4.78, 5) is 2.05. The molecule has 1 aromatic rings. The molecule has 17 heavy (non-hydrogen) atoms. The molecular weight excluding hydrogens is 238 g/mol. The minimum atomic E-state index is -0.331. The van der Waals surface area contributed by atoms with Gasteiger partial charge in [0.2, 0.25) is 0 Å². The highest BCUT2D eigenvalue weighted by atomic mass is 35.5. The third kappa shape index (κ3) is 3.69. The lowest BCUT2D eigenvalue weighted by molar-refractivity contribution is 0.137. The molecule has 0 aliphatic heterocycles. The highest BCUT2D eigenvalue weighted by Crippen LogP contribution is 2.22. The lowest BCUT2D eigenvalue weighted by Crippen LogP contribution is -2.28. The normalized spacial score (nSPS) is 13.4. The molecule has 4 nitrogen and oxygen atoms in total. The first kappa shape index (κ1) is 14.5. The van der Waals surface area contributed by atoms with Crippen LogP contribution in [0.15, 0.2) is 0 Å². The molecule has 0 radical (unpaired) electrons. The Morgan fingerprint density at radius 2 is 2.12 bits per heavy atom. The number of likely N-dealkylation sites (N-methyl/N-ethyl adjacent to an activating group) is 1. The van der Waals surface area contributed by atoms with Crippen LogP contribution in [0.1, 0.15) is 32.2 Å². The Balaban J connectivity index is 2.85. The standard InChI is InChI=1S/C12H22ClN3O/c1-5-10-12(13)11(16(6-2)14-10)8-15(4)7-9(3)17/h9,17H,5-8H2,1-4H3. The van der Waals surface area contributed by atoms with Crippen molar-refractivity contribution in [2.75, 3.05) is 13.6 Å². The third-order valence-corrected chi connectivity index (χ3v) is 3.13. The Bertz CT molecular complexity index is 363. The van der Waals surface area contributed by atoms with Gasteiger partial charge in [0, 0.05) is 19.6 Å². The summed E-state index contributed by atoms with van der Waals surface area (Å²) in [5.41, 5.74) is 1.99. The summed E-state index contributed by atoms with van der Waals surface area (Å²) in [6.45, 7) is 8.06. The highest BCUT2D eigenvalue weighted by molar-refractivity contribution is 6.31. The van der Waals surface area contributed by atoms with Crippen molar-refractivity contribution in [2.24, 2.45) is 0 Å². The molecule has 0 saturated carbocycles. The number of rotatable bonds is 6. The molecule has 0 spiro atoms. The van der Waals surface area contributed by atoms with Crippen molar-refractivity contribution in [1.82, 2.24) is 14.7 Å². The van der Waals surface area contributed by atoms with Gasteiger partial charge < -0.3 is 5.11 Å². The van der Waals surface area contributed by atoms with Gasteiger partial charge in [-0.25, -0.2) is 0 Å². The van der Waals surface area contributed by atoms with E-state index in [2.05, 4.69) is 23.8 Å². The van der Waals surface area contributed by atoms with Crippen LogP contribution in [0.4, 0.5) is 0 Å². The van der Waals surface area contributed by atoms with Crippen molar-refractivity contribution in [1.29, 1.82) is 0 Å². The molecule has 0 fully saturated rings. The molecule has 1 N–H and O–H groups in total. The minimum absolute atomic E-state index is 0.331. The Labute approximate surface area is 108 Å². The van der Waals surface area contributed by atoms with Gasteiger partial charge in [-0.2, -0.15) is 5.10 Å². The van der Waals surface area contributed by atoms with E-state index in [1.807, 2.05) is 11.7 Å². The highest BCUT2D eigenvalue weighted by Gasteiger charge is 2.16. The Morgan fingerprint density at radius 1 is 1.47 bits per heavy atom. The zero-order chi connectivity index (χ0) is 13.0. The third-order valence-electron chi connectivity index (χ3n) is 2.69. The SMILES string of the molecule is CCc1nn(CC)c(CN(C)CC(C)O)c1Cl. The van der Waals surface area contributed by atoms with Crippen molar-refractivity contribution >= 4 is 11.6 Å². The van der Waals surface area contributed by atoms with Gasteiger partial charge in [-0.1, -0.05) is 18.5 Å². The summed E-state index contributed by atoms with van der Waals surface area (Å²) in [7, 11) is 1.97. The minimum Gasteiger partial charge on any atom is -0.392 e. The van der Waals surface area contributed by atoms with E-state index in [-0.39, 0.29) is 6.10 Å². The second kappa shape index (κ2) is 6.38. The number of aromatic nitrogens is 2. The molecule has 0 aliphatic rings. The number of hydrogen-bond donors (Lipinski definition) is 1. The van der Waals surface area contributed by atoms with E-state index in [1.165, 1.54) is 0 Å². The van der Waals surface area contributed by atoms with Gasteiger partial charge in [0.25, 0.3) is 0 Å². The number of aliphatic hydroxyl groups is 1. The summed E-state index contributed by atoms with van der Waals surface area (Å²) in [6.07, 6.45) is 0.515. The smallest absolute Gasteiger partial charge is 0.0863 e. The first-order chi connectivity index (χ1) is 7.99. The summed E-state index contributed by atoms with van der Waals surface area (Å²) >= 11 is 6.32. The number of aryl methyl sites for hydroxylation is 2. The van der Waals surface area contributed by atoms with E-state index < -0.39 is 0 Å². The van der Waals surface area contributed by atoms with E-state index in [4.69, 9.17) is 11.6 Å². The maximum Gasteiger partial charge on any atom is 0.0863 e. The molecule has 1 aromatic heterocycles. The zero-order valence-electron chi connectivity index (χ0n) is 11.1. The second-order valence-electron chi connectivity index (χ2n) is 4.42. The predicted molar refractivity (Wildman–Crippen MR) is 70.3 cm³/mol. The Hall–Kier alpha value is -0.580. The van der Waals surface area contributed by atoms with Crippen molar-refractivity contribution < 1.29 is 5.11 Å². The Morgan fingerprint density at radius 3 is 2.59 bits per heavy atom. The molecule has 0 bridgehead atoms. The van der Waals surface area contributed by atoms with Gasteiger partial charge in [0.15, 0.2) is 0 Å². The van der Waals surface area contributed by atoms with Crippen molar-refractivity contribution in [3.05, 3.63) is 16.4 Å². The first-order valence-corrected chi connectivity index (χ1v) is 6.48. The fraction of sp³-hybridized carbons (Fsp3) is 0.750. The van der Waals surface area contributed by atoms with E-state index in [9.17, 15) is 5.11 Å². The molecule has 1 heterocycles. The molecule has 0 aromatic carbocycles. The van der Waals surface area contributed by atoms with Gasteiger partial charge in [0.05, 0.1) is 22.5 Å². The maximum atomic E-state index is 9.35. The lowest BCUT2D eigenvalue weighted by atomic mass is 10.3. The number of hydrogen-bond acceptors (Lipinski definition) is 3. The van der Waals surface area contributed by atoms with E-state index in [1.54, 1.807) is 6.92 Å². The van der Waals surface area contributed by atoms with Crippen LogP contribution in [0.2, 0.25) is 5.02 Å². The average Bonchev–Trinajstić information content (AvgIpc) is 2.55. The van der Waals surface area contributed by atoms with Crippen LogP contribution >= 0.6 is 11.6 Å². The molecular formula is C12H22ClN3O. The van der Waals surface area contributed by atoms with Crippen molar-refractivity contribution in [2.45, 2.75) is 46.4 Å². The van der Waals surface area contributed by atoms with Crippen LogP contribution in [0, 0.1) is 0 Å². The Kier molecular flexibility index (Phi) is 5.43. The average molecular weight is 260 g/mol. The molecule has 98 valence electrons. The predicted octanol–water partition coefficient (Wildman–Crippen LogP) is 1.93. The number of nitrogens with zero attached hydrogens (tertiary/aromatic N) is 3. The van der Waals surface area contributed by atoms with Crippen molar-refractivity contribution in [3.63, 3.8) is 0 Å². The molecule has 0 amide bonds. The van der Waals surface area contributed by atoms with Gasteiger partial charge in [-0.05, 0) is 27.3 Å². The number of halogens is 1. The van der Waals surface area contributed by atoms with Crippen LogP contribution in [-0.4, -0.2) is 39.5 Å². The number of aliphatic hydroxyl groups excluding tert-OH is 1. The first-order valence-electron chi connectivity index (χ1n) is 6.10. The fourth-order valence-electron chi connectivity index (χ4n) is 1.94. The summed E-state index contributed by atoms with van der Waals surface area (Å²) in [6, 6.07) is 0. The largest absolute Gasteiger partial charge is 0.392 e. The summed E-state index contributed by atoms with van der Waals surface area (Å²) < 4.78 is 1.94. The summed E-state index contributed by atoms with van der Waals surface area (Å²) in [5, 5.41) is 14.6. The van der Waals surface area contributed by atoms with Gasteiger partial charge in [-0.15, -0.1) is 0 Å². The molecule has 0 aliphatic carbocycles. The second-order valence-corrected chi connectivity index (χ2v) is 4.80. The van der Waals surface area contributed by atoms with Gasteiger partial charge in [-0.3, -0.25) is 9.58 Å². The quantitative estimate of drug-likeness (QED) is 0.849. The van der Waals surface area contributed by atoms with E-state index in [0.29, 0.717) is 13.1 Å².